The lowest BCUT2D eigenvalue weighted by atomic mass is 9.87. The zero-order chi connectivity index (χ0) is 12.8. The summed E-state index contributed by atoms with van der Waals surface area (Å²) in [6.07, 6.45) is 4.50. The molecule has 0 aromatic carbocycles. The average Bonchev–Trinajstić information content (AvgIpc) is 2.30. The van der Waals surface area contributed by atoms with Crippen molar-refractivity contribution in [2.75, 3.05) is 6.54 Å². The predicted octanol–water partition coefficient (Wildman–Crippen LogP) is 3.55. The van der Waals surface area contributed by atoms with Crippen molar-refractivity contribution in [1.82, 2.24) is 10.3 Å². The molecule has 1 aromatic rings. The molecule has 1 rings (SSSR count). The highest BCUT2D eigenvalue weighted by Gasteiger charge is 2.20. The first kappa shape index (κ1) is 14.5. The van der Waals surface area contributed by atoms with Crippen molar-refractivity contribution < 1.29 is 0 Å². The van der Waals surface area contributed by atoms with E-state index >= 15 is 0 Å². The maximum atomic E-state index is 6.16. The van der Waals surface area contributed by atoms with E-state index in [1.165, 1.54) is 5.56 Å². The summed E-state index contributed by atoms with van der Waals surface area (Å²) in [6.45, 7) is 9.97. The number of pyridine rings is 1. The van der Waals surface area contributed by atoms with Gasteiger partial charge in [0.1, 0.15) is 0 Å². The van der Waals surface area contributed by atoms with Gasteiger partial charge in [-0.15, -0.1) is 0 Å². The van der Waals surface area contributed by atoms with Crippen LogP contribution in [-0.2, 0) is 6.42 Å². The maximum Gasteiger partial charge on any atom is 0.0621 e. The number of aromatic nitrogens is 1. The van der Waals surface area contributed by atoms with Gasteiger partial charge in [-0.25, -0.2) is 0 Å². The van der Waals surface area contributed by atoms with Crippen LogP contribution in [0.2, 0.25) is 5.02 Å². The van der Waals surface area contributed by atoms with Crippen LogP contribution >= 0.6 is 11.6 Å². The minimum absolute atomic E-state index is 0.472. The predicted molar refractivity (Wildman–Crippen MR) is 74.4 cm³/mol. The molecule has 0 spiro atoms. The van der Waals surface area contributed by atoms with E-state index in [2.05, 4.69) is 38.0 Å². The Kier molecular flexibility index (Phi) is 5.93. The van der Waals surface area contributed by atoms with Crippen molar-refractivity contribution in [3.63, 3.8) is 0 Å². The molecule has 0 fully saturated rings. The molecule has 0 bridgehead atoms. The van der Waals surface area contributed by atoms with Crippen LogP contribution in [0.25, 0.3) is 0 Å². The Labute approximate surface area is 110 Å². The van der Waals surface area contributed by atoms with Gasteiger partial charge >= 0.3 is 0 Å². The molecule has 0 aliphatic heterocycles. The zero-order valence-corrected chi connectivity index (χ0v) is 12.0. The van der Waals surface area contributed by atoms with Gasteiger partial charge in [0.25, 0.3) is 0 Å². The van der Waals surface area contributed by atoms with E-state index in [1.807, 2.05) is 12.3 Å². The molecule has 2 nitrogen and oxygen atoms in total. The highest BCUT2D eigenvalue weighted by atomic mass is 35.5. The molecule has 0 saturated carbocycles. The van der Waals surface area contributed by atoms with Crippen LogP contribution in [0.3, 0.4) is 0 Å². The molecule has 0 aliphatic rings. The second-order valence-electron chi connectivity index (χ2n) is 4.94. The molecule has 0 saturated heterocycles. The normalized spacial score (nSPS) is 14.9. The van der Waals surface area contributed by atoms with Gasteiger partial charge in [-0.1, -0.05) is 39.3 Å². The Balaban J connectivity index is 2.76. The van der Waals surface area contributed by atoms with Crippen LogP contribution in [0, 0.1) is 11.8 Å². The number of hydrogen-bond donors (Lipinski definition) is 1. The lowest BCUT2D eigenvalue weighted by Crippen LogP contribution is -2.39. The Morgan fingerprint density at radius 1 is 1.35 bits per heavy atom. The van der Waals surface area contributed by atoms with Crippen molar-refractivity contribution in [2.45, 2.75) is 40.2 Å². The van der Waals surface area contributed by atoms with Gasteiger partial charge in [0.15, 0.2) is 0 Å². The summed E-state index contributed by atoms with van der Waals surface area (Å²) >= 11 is 6.16. The Hall–Kier alpha value is -0.600. The topological polar surface area (TPSA) is 24.9 Å². The first-order chi connectivity index (χ1) is 8.06. The van der Waals surface area contributed by atoms with Crippen LogP contribution in [0.15, 0.2) is 18.5 Å². The first-order valence-electron chi connectivity index (χ1n) is 6.38. The van der Waals surface area contributed by atoms with E-state index < -0.39 is 0 Å². The molecule has 1 aromatic heterocycles. The maximum absolute atomic E-state index is 6.16. The minimum atomic E-state index is 0.472. The molecule has 0 aliphatic carbocycles. The third kappa shape index (κ3) is 4.29. The average molecular weight is 255 g/mol. The van der Waals surface area contributed by atoms with Crippen LogP contribution in [0.4, 0.5) is 0 Å². The van der Waals surface area contributed by atoms with E-state index in [1.54, 1.807) is 6.20 Å². The Bertz CT molecular complexity index is 339. The molecule has 0 amide bonds. The highest BCUT2D eigenvalue weighted by molar-refractivity contribution is 6.31. The number of nitrogens with zero attached hydrogens (tertiary/aromatic N) is 1. The van der Waals surface area contributed by atoms with Crippen molar-refractivity contribution >= 4 is 11.6 Å². The van der Waals surface area contributed by atoms with E-state index in [4.69, 9.17) is 11.6 Å². The summed E-state index contributed by atoms with van der Waals surface area (Å²) in [7, 11) is 0. The summed E-state index contributed by atoms with van der Waals surface area (Å²) in [5.74, 6) is 1.29. The van der Waals surface area contributed by atoms with Gasteiger partial charge in [0.05, 0.1) is 5.02 Å². The van der Waals surface area contributed by atoms with Gasteiger partial charge in [-0.05, 0) is 36.4 Å². The standard InChI is InChI=1S/C14H23ClN2/c1-5-17-14(11(4)10(2)3)8-12-6-7-16-9-13(12)15/h6-7,9-11,14,17H,5,8H2,1-4H3. The number of hydrogen-bond acceptors (Lipinski definition) is 2. The molecule has 17 heavy (non-hydrogen) atoms. The third-order valence-corrected chi connectivity index (χ3v) is 3.79. The molecule has 2 unspecified atom stereocenters. The second-order valence-corrected chi connectivity index (χ2v) is 5.35. The SMILES string of the molecule is CCNC(Cc1ccncc1Cl)C(C)C(C)C. The van der Waals surface area contributed by atoms with Gasteiger partial charge in [0, 0.05) is 18.4 Å². The van der Waals surface area contributed by atoms with E-state index in [0.29, 0.717) is 17.9 Å². The number of rotatable bonds is 6. The van der Waals surface area contributed by atoms with Crippen molar-refractivity contribution in [2.24, 2.45) is 11.8 Å². The first-order valence-corrected chi connectivity index (χ1v) is 6.75. The lowest BCUT2D eigenvalue weighted by molar-refractivity contribution is 0.300. The van der Waals surface area contributed by atoms with Gasteiger partial charge in [-0.2, -0.15) is 0 Å². The highest BCUT2D eigenvalue weighted by Crippen LogP contribution is 2.21. The van der Waals surface area contributed by atoms with Gasteiger partial charge in [-0.3, -0.25) is 4.98 Å². The van der Waals surface area contributed by atoms with E-state index in [-0.39, 0.29) is 0 Å². The number of likely N-dealkylation sites (N-methyl/N-ethyl adjacent to an activating group) is 1. The monoisotopic (exact) mass is 254 g/mol. The van der Waals surface area contributed by atoms with Crippen LogP contribution < -0.4 is 5.32 Å². The molecular weight excluding hydrogens is 232 g/mol. The Morgan fingerprint density at radius 2 is 2.06 bits per heavy atom. The smallest absolute Gasteiger partial charge is 0.0621 e. The third-order valence-electron chi connectivity index (χ3n) is 3.45. The number of nitrogens with one attached hydrogen (secondary N) is 1. The lowest BCUT2D eigenvalue weighted by Gasteiger charge is -2.28. The molecule has 3 heteroatoms. The van der Waals surface area contributed by atoms with E-state index in [9.17, 15) is 0 Å². The summed E-state index contributed by atoms with van der Waals surface area (Å²) in [6, 6.07) is 2.49. The van der Waals surface area contributed by atoms with Crippen LogP contribution in [0.5, 0.6) is 0 Å². The Morgan fingerprint density at radius 3 is 2.59 bits per heavy atom. The van der Waals surface area contributed by atoms with E-state index in [0.717, 1.165) is 18.0 Å². The van der Waals surface area contributed by atoms with Crippen LogP contribution in [0.1, 0.15) is 33.3 Å². The summed E-state index contributed by atoms with van der Waals surface area (Å²) in [5, 5.41) is 4.33. The fourth-order valence-electron chi connectivity index (χ4n) is 1.98. The fourth-order valence-corrected chi connectivity index (χ4v) is 2.17. The summed E-state index contributed by atoms with van der Waals surface area (Å²) in [4.78, 5) is 4.03. The summed E-state index contributed by atoms with van der Waals surface area (Å²) in [5.41, 5.74) is 1.18. The van der Waals surface area contributed by atoms with Crippen molar-refractivity contribution in [1.29, 1.82) is 0 Å². The minimum Gasteiger partial charge on any atom is -0.314 e. The van der Waals surface area contributed by atoms with Gasteiger partial charge in [0.2, 0.25) is 0 Å². The molecule has 96 valence electrons. The van der Waals surface area contributed by atoms with Crippen molar-refractivity contribution in [3.05, 3.63) is 29.0 Å². The van der Waals surface area contributed by atoms with Gasteiger partial charge < -0.3 is 5.32 Å². The number of halogens is 1. The molecule has 0 radical (unpaired) electrons. The molecule has 1 N–H and O–H groups in total. The largest absolute Gasteiger partial charge is 0.314 e. The van der Waals surface area contributed by atoms with Crippen molar-refractivity contribution in [3.8, 4) is 0 Å². The second kappa shape index (κ2) is 6.97. The zero-order valence-electron chi connectivity index (χ0n) is 11.2. The molecule has 1 heterocycles. The summed E-state index contributed by atoms with van der Waals surface area (Å²) < 4.78 is 0. The van der Waals surface area contributed by atoms with Crippen LogP contribution in [-0.4, -0.2) is 17.6 Å². The molecule has 2 atom stereocenters. The molecular formula is C14H23ClN2. The fraction of sp³-hybridized carbons (Fsp3) is 0.643. The quantitative estimate of drug-likeness (QED) is 0.840.